The maximum atomic E-state index is 12.6. The van der Waals surface area contributed by atoms with Crippen molar-refractivity contribution in [2.45, 2.75) is 6.04 Å². The van der Waals surface area contributed by atoms with Crippen LogP contribution in [0.5, 0.6) is 11.5 Å². The highest BCUT2D eigenvalue weighted by atomic mass is 16.5. The molecule has 0 bridgehead atoms. The lowest BCUT2D eigenvalue weighted by molar-refractivity contribution is 0.291. The average molecular weight is 401 g/mol. The van der Waals surface area contributed by atoms with E-state index in [1.54, 1.807) is 49.6 Å². The van der Waals surface area contributed by atoms with Gasteiger partial charge in [-0.1, -0.05) is 47.6 Å². The van der Waals surface area contributed by atoms with Crippen LogP contribution in [0, 0.1) is 4.91 Å². The Kier molecular flexibility index (Phi) is 5.57. The van der Waals surface area contributed by atoms with Crippen LogP contribution in [0.1, 0.15) is 11.6 Å². The van der Waals surface area contributed by atoms with Crippen molar-refractivity contribution in [2.24, 2.45) is 5.18 Å². The van der Waals surface area contributed by atoms with Gasteiger partial charge in [-0.15, -0.1) is 0 Å². The third-order valence-electron chi connectivity index (χ3n) is 4.79. The van der Waals surface area contributed by atoms with Gasteiger partial charge in [0.05, 0.1) is 12.5 Å². The molecule has 3 aromatic carbocycles. The van der Waals surface area contributed by atoms with E-state index in [1.807, 2.05) is 30.3 Å². The Labute approximate surface area is 172 Å². The van der Waals surface area contributed by atoms with E-state index in [1.165, 1.54) is 6.07 Å². The highest BCUT2D eigenvalue weighted by molar-refractivity contribution is 5.80. The zero-order chi connectivity index (χ0) is 20.9. The molecule has 0 saturated heterocycles. The summed E-state index contributed by atoms with van der Waals surface area (Å²) < 4.78 is 16.8. The van der Waals surface area contributed by atoms with Crippen LogP contribution < -0.4 is 14.9 Å². The zero-order valence-corrected chi connectivity index (χ0v) is 16.3. The van der Waals surface area contributed by atoms with Gasteiger partial charge in [0.2, 0.25) is 0 Å². The minimum atomic E-state index is -0.677. The molecule has 1 atom stereocenters. The zero-order valence-electron chi connectivity index (χ0n) is 16.3. The Hall–Kier alpha value is -3.93. The second kappa shape index (κ2) is 8.61. The molecule has 0 spiro atoms. The Bertz CT molecular complexity index is 1220. The number of benzene rings is 3. The molecule has 30 heavy (non-hydrogen) atoms. The topological polar surface area (TPSA) is 78.1 Å². The Balaban J connectivity index is 1.55. The number of hydrogen-bond donors (Lipinski definition) is 0. The van der Waals surface area contributed by atoms with Crippen LogP contribution in [0.25, 0.3) is 22.3 Å². The summed E-state index contributed by atoms with van der Waals surface area (Å²) in [5.41, 5.74) is 1.85. The number of hydrogen-bond acceptors (Lipinski definition) is 6. The maximum Gasteiger partial charge on any atom is 0.193 e. The number of rotatable bonds is 7. The first-order valence-corrected chi connectivity index (χ1v) is 9.40. The predicted octanol–water partition coefficient (Wildman–Crippen LogP) is 5.36. The molecule has 0 N–H and O–H groups in total. The number of nitrogens with zero attached hydrogens (tertiary/aromatic N) is 1. The molecule has 1 aromatic heterocycles. The first-order valence-electron chi connectivity index (χ1n) is 9.40. The van der Waals surface area contributed by atoms with E-state index in [-0.39, 0.29) is 12.0 Å². The molecule has 0 fully saturated rings. The highest BCUT2D eigenvalue weighted by Gasteiger charge is 2.14. The van der Waals surface area contributed by atoms with Crippen LogP contribution in [-0.2, 0) is 0 Å². The lowest BCUT2D eigenvalue weighted by Gasteiger charge is -2.12. The molecular formula is C24H19NO5. The van der Waals surface area contributed by atoms with Gasteiger partial charge in [0, 0.05) is 11.6 Å². The lowest BCUT2D eigenvalue weighted by Crippen LogP contribution is -2.08. The summed E-state index contributed by atoms with van der Waals surface area (Å²) >= 11 is 0. The van der Waals surface area contributed by atoms with Crippen molar-refractivity contribution < 1.29 is 13.9 Å². The Morgan fingerprint density at radius 3 is 2.37 bits per heavy atom. The van der Waals surface area contributed by atoms with Crippen molar-refractivity contribution >= 4 is 11.0 Å². The largest absolute Gasteiger partial charge is 0.497 e. The Morgan fingerprint density at radius 1 is 0.933 bits per heavy atom. The molecule has 150 valence electrons. The highest BCUT2D eigenvalue weighted by Crippen LogP contribution is 2.26. The summed E-state index contributed by atoms with van der Waals surface area (Å²) in [6.45, 7) is 0.0504. The predicted molar refractivity (Wildman–Crippen MR) is 115 cm³/mol. The quantitative estimate of drug-likeness (QED) is 0.390. The molecule has 1 unspecified atom stereocenters. The van der Waals surface area contributed by atoms with E-state index in [0.717, 1.165) is 11.1 Å². The summed E-state index contributed by atoms with van der Waals surface area (Å²) in [5.74, 6) is 1.66. The molecule has 6 heteroatoms. The smallest absolute Gasteiger partial charge is 0.193 e. The summed E-state index contributed by atoms with van der Waals surface area (Å²) in [6.07, 6.45) is 0. The van der Waals surface area contributed by atoms with Crippen molar-refractivity contribution in [2.75, 3.05) is 13.7 Å². The molecular weight excluding hydrogens is 382 g/mol. The van der Waals surface area contributed by atoms with Crippen LogP contribution in [0.4, 0.5) is 0 Å². The fourth-order valence-electron chi connectivity index (χ4n) is 3.16. The molecule has 0 saturated carbocycles. The van der Waals surface area contributed by atoms with Gasteiger partial charge in [-0.05, 0) is 35.9 Å². The van der Waals surface area contributed by atoms with E-state index in [0.29, 0.717) is 28.2 Å². The number of nitroso groups, excluding NO2 is 1. The van der Waals surface area contributed by atoms with E-state index in [9.17, 15) is 9.70 Å². The number of ether oxygens (including phenoxy) is 2. The summed E-state index contributed by atoms with van der Waals surface area (Å²) in [5, 5.41) is 3.57. The summed E-state index contributed by atoms with van der Waals surface area (Å²) in [4.78, 5) is 23.9. The molecule has 0 aliphatic carbocycles. The van der Waals surface area contributed by atoms with Crippen LogP contribution in [0.3, 0.4) is 0 Å². The molecule has 1 heterocycles. The van der Waals surface area contributed by atoms with Crippen LogP contribution in [-0.4, -0.2) is 13.7 Å². The molecule has 0 aliphatic heterocycles. The van der Waals surface area contributed by atoms with Gasteiger partial charge in [-0.2, -0.15) is 4.91 Å². The van der Waals surface area contributed by atoms with Crippen molar-refractivity contribution in [1.82, 2.24) is 0 Å². The molecule has 4 aromatic rings. The minimum absolute atomic E-state index is 0.0504. The van der Waals surface area contributed by atoms with Crippen LogP contribution in [0.2, 0.25) is 0 Å². The molecule has 0 radical (unpaired) electrons. The molecule has 6 nitrogen and oxygen atoms in total. The Morgan fingerprint density at radius 2 is 1.67 bits per heavy atom. The van der Waals surface area contributed by atoms with Gasteiger partial charge in [-0.25, -0.2) is 0 Å². The molecule has 4 rings (SSSR count). The SMILES string of the molecule is COc1ccc(C(COc2ccc3oc(-c4ccccc4)cc(=O)c3c2)N=O)cc1. The van der Waals surface area contributed by atoms with Gasteiger partial charge < -0.3 is 13.9 Å². The van der Waals surface area contributed by atoms with Crippen LogP contribution >= 0.6 is 0 Å². The van der Waals surface area contributed by atoms with E-state index < -0.39 is 6.04 Å². The van der Waals surface area contributed by atoms with Gasteiger partial charge in [0.25, 0.3) is 0 Å². The van der Waals surface area contributed by atoms with Crippen molar-refractivity contribution in [3.05, 3.63) is 99.6 Å². The summed E-state index contributed by atoms with van der Waals surface area (Å²) in [6, 6.07) is 22.3. The standard InChI is InChI=1S/C24H19NO5/c1-28-18-9-7-16(8-10-18)21(25-27)15-29-19-11-12-23-20(13-19)22(26)14-24(30-23)17-5-3-2-4-6-17/h2-14,21H,15H2,1H3. The second-order valence-electron chi connectivity index (χ2n) is 6.70. The molecule has 0 aliphatic rings. The van der Waals surface area contributed by atoms with Crippen molar-refractivity contribution in [3.8, 4) is 22.8 Å². The fraction of sp³-hybridized carbons (Fsp3) is 0.125. The van der Waals surface area contributed by atoms with Gasteiger partial charge in [-0.3, -0.25) is 4.79 Å². The third kappa shape index (κ3) is 4.07. The molecule has 0 amide bonds. The first-order chi connectivity index (χ1) is 14.7. The lowest BCUT2D eigenvalue weighted by atomic mass is 10.1. The van der Waals surface area contributed by atoms with E-state index in [4.69, 9.17) is 13.9 Å². The maximum absolute atomic E-state index is 12.6. The number of fused-ring (bicyclic) bond motifs is 1. The van der Waals surface area contributed by atoms with Gasteiger partial charge in [0.1, 0.15) is 29.4 Å². The normalized spacial score (nSPS) is 11.8. The van der Waals surface area contributed by atoms with Crippen LogP contribution in [0.15, 0.2) is 93.3 Å². The van der Waals surface area contributed by atoms with Crippen molar-refractivity contribution in [3.63, 3.8) is 0 Å². The van der Waals surface area contributed by atoms with E-state index >= 15 is 0 Å². The van der Waals surface area contributed by atoms with Gasteiger partial charge >= 0.3 is 0 Å². The number of methoxy groups -OCH3 is 1. The average Bonchev–Trinajstić information content (AvgIpc) is 2.80. The van der Waals surface area contributed by atoms with E-state index in [2.05, 4.69) is 5.18 Å². The second-order valence-corrected chi connectivity index (χ2v) is 6.70. The summed E-state index contributed by atoms with van der Waals surface area (Å²) in [7, 11) is 1.58. The first kappa shape index (κ1) is 19.4. The minimum Gasteiger partial charge on any atom is -0.497 e. The monoisotopic (exact) mass is 401 g/mol. The third-order valence-corrected chi connectivity index (χ3v) is 4.79. The fourth-order valence-corrected chi connectivity index (χ4v) is 3.16. The van der Waals surface area contributed by atoms with Gasteiger partial charge in [0.15, 0.2) is 11.5 Å². The van der Waals surface area contributed by atoms with Crippen molar-refractivity contribution in [1.29, 1.82) is 0 Å².